The first-order valence-electron chi connectivity index (χ1n) is 7.26. The van der Waals surface area contributed by atoms with Gasteiger partial charge in [0.05, 0.1) is 6.10 Å². The molecular weight excluding hydrogens is 246 g/mol. The second-order valence-corrected chi connectivity index (χ2v) is 5.17. The quantitative estimate of drug-likeness (QED) is 0.835. The third-order valence-corrected chi connectivity index (χ3v) is 3.73. The molecule has 0 saturated heterocycles. The lowest BCUT2D eigenvalue weighted by Gasteiger charge is -2.27. The predicted octanol–water partition coefficient (Wildman–Crippen LogP) is 3.85. The zero-order chi connectivity index (χ0) is 14.4. The summed E-state index contributed by atoms with van der Waals surface area (Å²) in [5.74, 6) is 0. The van der Waals surface area contributed by atoms with E-state index in [2.05, 4.69) is 31.3 Å². The molecule has 20 heavy (non-hydrogen) atoms. The Kier molecular flexibility index (Phi) is 5.33. The van der Waals surface area contributed by atoms with E-state index >= 15 is 0 Å². The lowest BCUT2D eigenvalue weighted by molar-refractivity contribution is 0.120. The van der Waals surface area contributed by atoms with Crippen LogP contribution in [0.3, 0.4) is 0 Å². The molecule has 0 aromatic heterocycles. The fourth-order valence-electron chi connectivity index (χ4n) is 2.47. The third-order valence-electron chi connectivity index (χ3n) is 3.73. The lowest BCUT2D eigenvalue weighted by atomic mass is 9.98. The van der Waals surface area contributed by atoms with Gasteiger partial charge in [-0.3, -0.25) is 0 Å². The van der Waals surface area contributed by atoms with Crippen LogP contribution in [0.4, 0.5) is 0 Å². The highest BCUT2D eigenvalue weighted by Gasteiger charge is 2.21. The normalized spacial score (nSPS) is 15.6. The Balaban J connectivity index is 2.05. The topological polar surface area (TPSA) is 32.3 Å². The van der Waals surface area contributed by atoms with Crippen LogP contribution in [0.15, 0.2) is 60.7 Å². The fourth-order valence-corrected chi connectivity index (χ4v) is 2.47. The minimum atomic E-state index is -0.479. The van der Waals surface area contributed by atoms with Crippen molar-refractivity contribution in [3.8, 4) is 0 Å². The molecule has 0 fully saturated rings. The molecule has 2 heteroatoms. The van der Waals surface area contributed by atoms with Gasteiger partial charge < -0.3 is 10.4 Å². The number of benzene rings is 2. The summed E-state index contributed by atoms with van der Waals surface area (Å²) in [6.45, 7) is 4.23. The molecule has 0 bridgehead atoms. The van der Waals surface area contributed by atoms with Crippen molar-refractivity contribution in [1.82, 2.24) is 5.32 Å². The predicted molar refractivity (Wildman–Crippen MR) is 83.5 cm³/mol. The number of aliphatic hydroxyl groups excluding tert-OH is 1. The van der Waals surface area contributed by atoms with E-state index in [1.807, 2.05) is 48.5 Å². The van der Waals surface area contributed by atoms with E-state index in [0.717, 1.165) is 12.0 Å². The van der Waals surface area contributed by atoms with Gasteiger partial charge in [0.15, 0.2) is 0 Å². The maximum absolute atomic E-state index is 10.5. The molecule has 0 aliphatic heterocycles. The average molecular weight is 269 g/mol. The van der Waals surface area contributed by atoms with Gasteiger partial charge in [0.2, 0.25) is 0 Å². The lowest BCUT2D eigenvalue weighted by Crippen LogP contribution is -2.36. The van der Waals surface area contributed by atoms with Crippen LogP contribution < -0.4 is 5.32 Å². The van der Waals surface area contributed by atoms with Gasteiger partial charge >= 0.3 is 0 Å². The molecule has 0 saturated carbocycles. The summed E-state index contributed by atoms with van der Waals surface area (Å²) < 4.78 is 0. The minimum Gasteiger partial charge on any atom is -0.387 e. The summed E-state index contributed by atoms with van der Waals surface area (Å²) in [4.78, 5) is 0. The SMILES string of the molecule is CC[C@H](N[C@H](C)c1ccccc1)C(O)c1ccccc1. The number of hydrogen-bond acceptors (Lipinski definition) is 2. The molecule has 2 aromatic carbocycles. The highest BCUT2D eigenvalue weighted by molar-refractivity contribution is 5.21. The summed E-state index contributed by atoms with van der Waals surface area (Å²) in [5.41, 5.74) is 2.21. The highest BCUT2D eigenvalue weighted by Crippen LogP contribution is 2.22. The molecule has 2 nitrogen and oxygen atoms in total. The van der Waals surface area contributed by atoms with E-state index in [1.165, 1.54) is 5.56 Å². The highest BCUT2D eigenvalue weighted by atomic mass is 16.3. The Morgan fingerprint density at radius 2 is 1.40 bits per heavy atom. The van der Waals surface area contributed by atoms with E-state index in [0.29, 0.717) is 0 Å². The molecule has 106 valence electrons. The van der Waals surface area contributed by atoms with Gasteiger partial charge in [-0.15, -0.1) is 0 Å². The first-order valence-corrected chi connectivity index (χ1v) is 7.26. The summed E-state index contributed by atoms with van der Waals surface area (Å²) in [7, 11) is 0. The second-order valence-electron chi connectivity index (χ2n) is 5.17. The molecule has 2 N–H and O–H groups in total. The van der Waals surface area contributed by atoms with E-state index in [9.17, 15) is 5.11 Å². The van der Waals surface area contributed by atoms with Crippen molar-refractivity contribution < 1.29 is 5.11 Å². The van der Waals surface area contributed by atoms with Crippen molar-refractivity contribution in [2.75, 3.05) is 0 Å². The standard InChI is InChI=1S/C18H23NO/c1-3-17(18(20)16-12-8-5-9-13-16)19-14(2)15-10-6-4-7-11-15/h4-14,17-20H,3H2,1-2H3/t14-,17+,18?/m1/s1. The van der Waals surface area contributed by atoms with Crippen LogP contribution in [0.25, 0.3) is 0 Å². The van der Waals surface area contributed by atoms with Gasteiger partial charge in [-0.05, 0) is 24.5 Å². The summed E-state index contributed by atoms with van der Waals surface area (Å²) in [6, 6.07) is 20.4. The summed E-state index contributed by atoms with van der Waals surface area (Å²) in [5, 5.41) is 14.0. The number of nitrogens with one attached hydrogen (secondary N) is 1. The largest absolute Gasteiger partial charge is 0.387 e. The molecule has 3 atom stereocenters. The first kappa shape index (κ1) is 14.8. The van der Waals surface area contributed by atoms with Gasteiger partial charge in [-0.25, -0.2) is 0 Å². The number of rotatable bonds is 6. The van der Waals surface area contributed by atoms with Crippen molar-refractivity contribution in [2.45, 2.75) is 38.5 Å². The number of hydrogen-bond donors (Lipinski definition) is 2. The smallest absolute Gasteiger partial charge is 0.0943 e. The Labute approximate surface area is 121 Å². The van der Waals surface area contributed by atoms with Crippen molar-refractivity contribution in [1.29, 1.82) is 0 Å². The minimum absolute atomic E-state index is 0.0487. The van der Waals surface area contributed by atoms with Gasteiger partial charge in [-0.2, -0.15) is 0 Å². The molecule has 0 radical (unpaired) electrons. The molecule has 1 unspecified atom stereocenters. The molecule has 0 heterocycles. The molecule has 2 aromatic rings. The van der Waals surface area contributed by atoms with Crippen molar-refractivity contribution in [3.05, 3.63) is 71.8 Å². The Morgan fingerprint density at radius 3 is 1.90 bits per heavy atom. The molecule has 0 aliphatic rings. The van der Waals surface area contributed by atoms with Crippen LogP contribution in [0.2, 0.25) is 0 Å². The summed E-state index contributed by atoms with van der Waals surface area (Å²) in [6.07, 6.45) is 0.403. The number of aliphatic hydroxyl groups is 1. The first-order chi connectivity index (χ1) is 9.72. The van der Waals surface area contributed by atoms with Crippen LogP contribution in [0.5, 0.6) is 0 Å². The van der Waals surface area contributed by atoms with Crippen molar-refractivity contribution >= 4 is 0 Å². The third kappa shape index (κ3) is 3.69. The molecule has 0 amide bonds. The van der Waals surface area contributed by atoms with Crippen LogP contribution in [-0.4, -0.2) is 11.1 Å². The van der Waals surface area contributed by atoms with Crippen LogP contribution in [0, 0.1) is 0 Å². The van der Waals surface area contributed by atoms with E-state index in [4.69, 9.17) is 0 Å². The summed E-state index contributed by atoms with van der Waals surface area (Å²) >= 11 is 0. The van der Waals surface area contributed by atoms with Crippen molar-refractivity contribution in [2.24, 2.45) is 0 Å². The molecule has 0 spiro atoms. The maximum Gasteiger partial charge on any atom is 0.0943 e. The van der Waals surface area contributed by atoms with Crippen LogP contribution in [0.1, 0.15) is 43.5 Å². The maximum atomic E-state index is 10.5. The van der Waals surface area contributed by atoms with Gasteiger partial charge in [0, 0.05) is 12.1 Å². The Bertz CT molecular complexity index is 497. The van der Waals surface area contributed by atoms with Gasteiger partial charge in [0.1, 0.15) is 0 Å². The Hall–Kier alpha value is -1.64. The molecular formula is C18H23NO. The zero-order valence-electron chi connectivity index (χ0n) is 12.2. The Morgan fingerprint density at radius 1 is 0.900 bits per heavy atom. The average Bonchev–Trinajstić information content (AvgIpc) is 2.53. The van der Waals surface area contributed by atoms with E-state index in [1.54, 1.807) is 0 Å². The van der Waals surface area contributed by atoms with Crippen molar-refractivity contribution in [3.63, 3.8) is 0 Å². The molecule has 0 aliphatic carbocycles. The molecule has 2 rings (SSSR count). The van der Waals surface area contributed by atoms with Gasteiger partial charge in [0.25, 0.3) is 0 Å². The van der Waals surface area contributed by atoms with Gasteiger partial charge in [-0.1, -0.05) is 67.6 Å². The fraction of sp³-hybridized carbons (Fsp3) is 0.333. The second kappa shape index (κ2) is 7.22. The van der Waals surface area contributed by atoms with E-state index < -0.39 is 6.10 Å². The van der Waals surface area contributed by atoms with E-state index in [-0.39, 0.29) is 12.1 Å². The van der Waals surface area contributed by atoms with Crippen LogP contribution >= 0.6 is 0 Å². The van der Waals surface area contributed by atoms with Crippen LogP contribution in [-0.2, 0) is 0 Å². The zero-order valence-corrected chi connectivity index (χ0v) is 12.2. The monoisotopic (exact) mass is 269 g/mol.